The predicted octanol–water partition coefficient (Wildman–Crippen LogP) is 1.57. The maximum Gasteiger partial charge on any atom is 0.0233 e. The minimum absolute atomic E-state index is 0.724. The highest BCUT2D eigenvalue weighted by Gasteiger charge is 2.04. The van der Waals surface area contributed by atoms with Crippen LogP contribution in [0.25, 0.3) is 0 Å². The summed E-state index contributed by atoms with van der Waals surface area (Å²) >= 11 is 0. The normalized spacial score (nSPS) is 11.4. The Morgan fingerprint density at radius 1 is 1.00 bits per heavy atom. The Kier molecular flexibility index (Phi) is 6.94. The summed E-state index contributed by atoms with van der Waals surface area (Å²) in [6, 6.07) is 8.62. The lowest BCUT2D eigenvalue weighted by Gasteiger charge is -2.19. The zero-order valence-corrected chi connectivity index (χ0v) is 12.0. The van der Waals surface area contributed by atoms with Crippen molar-refractivity contribution < 1.29 is 0 Å². The van der Waals surface area contributed by atoms with E-state index in [0.717, 1.165) is 32.6 Å². The molecular formula is C15H27N3. The van der Waals surface area contributed by atoms with Crippen LogP contribution in [0.2, 0.25) is 0 Å². The van der Waals surface area contributed by atoms with Crippen LogP contribution in [0.15, 0.2) is 24.3 Å². The van der Waals surface area contributed by atoms with Crippen LogP contribution in [0.1, 0.15) is 17.5 Å². The molecule has 0 saturated heterocycles. The van der Waals surface area contributed by atoms with Gasteiger partial charge in [0.1, 0.15) is 0 Å². The number of hydrogen-bond donors (Lipinski definition) is 1. The van der Waals surface area contributed by atoms with E-state index in [-0.39, 0.29) is 0 Å². The number of nitrogens with two attached hydrogens (primary N) is 1. The van der Waals surface area contributed by atoms with Crippen molar-refractivity contribution in [3.63, 3.8) is 0 Å². The van der Waals surface area contributed by atoms with Gasteiger partial charge in [-0.05, 0) is 64.7 Å². The molecule has 0 spiro atoms. The third kappa shape index (κ3) is 5.63. The minimum Gasteiger partial charge on any atom is -0.330 e. The van der Waals surface area contributed by atoms with E-state index in [2.05, 4.69) is 55.2 Å². The van der Waals surface area contributed by atoms with Crippen LogP contribution in [0.5, 0.6) is 0 Å². The van der Waals surface area contributed by atoms with Crippen LogP contribution < -0.4 is 5.73 Å². The van der Waals surface area contributed by atoms with Gasteiger partial charge in [0.05, 0.1) is 0 Å². The first-order chi connectivity index (χ1) is 8.63. The molecule has 0 unspecified atom stereocenters. The molecule has 0 atom stereocenters. The Morgan fingerprint density at radius 3 is 2.28 bits per heavy atom. The van der Waals surface area contributed by atoms with Crippen LogP contribution >= 0.6 is 0 Å². The van der Waals surface area contributed by atoms with Crippen molar-refractivity contribution in [2.75, 3.05) is 40.8 Å². The van der Waals surface area contributed by atoms with Crippen molar-refractivity contribution in [1.29, 1.82) is 0 Å². The molecule has 3 heteroatoms. The molecule has 102 valence electrons. The highest BCUT2D eigenvalue weighted by molar-refractivity contribution is 5.27. The fourth-order valence-electron chi connectivity index (χ4n) is 2.14. The molecule has 0 bridgehead atoms. The van der Waals surface area contributed by atoms with Gasteiger partial charge in [0.15, 0.2) is 0 Å². The van der Waals surface area contributed by atoms with Gasteiger partial charge >= 0.3 is 0 Å². The molecule has 0 aliphatic carbocycles. The van der Waals surface area contributed by atoms with E-state index in [9.17, 15) is 0 Å². The Labute approximate surface area is 112 Å². The number of benzene rings is 1. The topological polar surface area (TPSA) is 32.5 Å². The fourth-order valence-corrected chi connectivity index (χ4v) is 2.14. The monoisotopic (exact) mass is 249 g/mol. The molecule has 1 rings (SSSR count). The number of rotatable bonds is 8. The molecule has 2 N–H and O–H groups in total. The molecule has 0 aliphatic rings. The first-order valence-corrected chi connectivity index (χ1v) is 6.73. The van der Waals surface area contributed by atoms with E-state index >= 15 is 0 Å². The van der Waals surface area contributed by atoms with Crippen molar-refractivity contribution in [3.05, 3.63) is 35.4 Å². The van der Waals surface area contributed by atoms with Gasteiger partial charge in [0.2, 0.25) is 0 Å². The molecule has 0 aliphatic heterocycles. The zero-order chi connectivity index (χ0) is 13.4. The third-order valence-corrected chi connectivity index (χ3v) is 3.12. The lowest BCUT2D eigenvalue weighted by Crippen LogP contribution is -2.24. The molecule has 18 heavy (non-hydrogen) atoms. The summed E-state index contributed by atoms with van der Waals surface area (Å²) < 4.78 is 0. The van der Waals surface area contributed by atoms with E-state index in [1.807, 2.05) is 0 Å². The number of hydrogen-bond acceptors (Lipinski definition) is 3. The van der Waals surface area contributed by atoms with E-state index < -0.39 is 0 Å². The number of nitrogens with zero attached hydrogens (tertiary/aromatic N) is 2. The lowest BCUT2D eigenvalue weighted by molar-refractivity contribution is 0.294. The Morgan fingerprint density at radius 2 is 1.67 bits per heavy atom. The van der Waals surface area contributed by atoms with Crippen molar-refractivity contribution >= 4 is 0 Å². The molecule has 0 amide bonds. The predicted molar refractivity (Wildman–Crippen MR) is 78.7 cm³/mol. The average Bonchev–Trinajstić information content (AvgIpc) is 2.31. The Hall–Kier alpha value is -0.900. The zero-order valence-electron chi connectivity index (χ0n) is 12.0. The van der Waals surface area contributed by atoms with Crippen LogP contribution in [0.3, 0.4) is 0 Å². The summed E-state index contributed by atoms with van der Waals surface area (Å²) in [5.74, 6) is 0. The van der Waals surface area contributed by atoms with E-state index in [1.165, 1.54) is 17.5 Å². The van der Waals surface area contributed by atoms with Gasteiger partial charge in [-0.25, -0.2) is 0 Å². The van der Waals surface area contributed by atoms with E-state index in [0.29, 0.717) is 0 Å². The molecule has 1 aromatic rings. The summed E-state index contributed by atoms with van der Waals surface area (Å²) in [5, 5.41) is 0. The van der Waals surface area contributed by atoms with E-state index in [1.54, 1.807) is 0 Å². The molecule has 3 nitrogen and oxygen atoms in total. The highest BCUT2D eigenvalue weighted by atomic mass is 15.1. The summed E-state index contributed by atoms with van der Waals surface area (Å²) in [5.41, 5.74) is 8.46. The van der Waals surface area contributed by atoms with Crippen molar-refractivity contribution in [2.24, 2.45) is 5.73 Å². The maximum atomic E-state index is 5.65. The van der Waals surface area contributed by atoms with Gasteiger partial charge in [0, 0.05) is 6.54 Å². The smallest absolute Gasteiger partial charge is 0.0233 e. The van der Waals surface area contributed by atoms with Crippen molar-refractivity contribution in [3.8, 4) is 0 Å². The molecule has 0 saturated carbocycles. The van der Waals surface area contributed by atoms with Gasteiger partial charge in [-0.15, -0.1) is 0 Å². The van der Waals surface area contributed by atoms with Gasteiger partial charge in [-0.2, -0.15) is 0 Å². The van der Waals surface area contributed by atoms with Crippen LogP contribution in [0.4, 0.5) is 0 Å². The molecule has 1 aromatic carbocycles. The molecule has 0 radical (unpaired) electrons. The van der Waals surface area contributed by atoms with Gasteiger partial charge in [0.25, 0.3) is 0 Å². The largest absolute Gasteiger partial charge is 0.330 e. The van der Waals surface area contributed by atoms with Crippen molar-refractivity contribution in [2.45, 2.75) is 19.4 Å². The van der Waals surface area contributed by atoms with Gasteiger partial charge < -0.3 is 15.5 Å². The van der Waals surface area contributed by atoms with Crippen LogP contribution in [-0.2, 0) is 13.0 Å². The highest BCUT2D eigenvalue weighted by Crippen LogP contribution is 2.11. The summed E-state index contributed by atoms with van der Waals surface area (Å²) in [6.45, 7) is 4.02. The Balaban J connectivity index is 2.45. The van der Waals surface area contributed by atoms with Gasteiger partial charge in [-0.3, -0.25) is 0 Å². The van der Waals surface area contributed by atoms with E-state index in [4.69, 9.17) is 5.73 Å². The second kappa shape index (κ2) is 8.25. The fraction of sp³-hybridized carbons (Fsp3) is 0.600. The Bertz CT molecular complexity index is 336. The lowest BCUT2D eigenvalue weighted by atomic mass is 10.0. The third-order valence-electron chi connectivity index (χ3n) is 3.12. The average molecular weight is 249 g/mol. The molecular weight excluding hydrogens is 222 g/mol. The molecule has 0 heterocycles. The van der Waals surface area contributed by atoms with Crippen LogP contribution in [0, 0.1) is 0 Å². The quantitative estimate of drug-likeness (QED) is 0.759. The molecule has 0 aromatic heterocycles. The standard InChI is InChI=1S/C15H27N3/c1-17(2)11-6-12-18(3)13-15-8-5-4-7-14(15)9-10-16/h4-5,7-8H,6,9-13,16H2,1-3H3. The maximum absolute atomic E-state index is 5.65. The summed E-state index contributed by atoms with van der Waals surface area (Å²) in [7, 11) is 6.43. The summed E-state index contributed by atoms with van der Waals surface area (Å²) in [6.07, 6.45) is 2.18. The minimum atomic E-state index is 0.724. The molecule has 0 fully saturated rings. The summed E-state index contributed by atoms with van der Waals surface area (Å²) in [4.78, 5) is 4.62. The van der Waals surface area contributed by atoms with Crippen LogP contribution in [-0.4, -0.2) is 50.6 Å². The van der Waals surface area contributed by atoms with Gasteiger partial charge in [-0.1, -0.05) is 24.3 Å². The second-order valence-electron chi connectivity index (χ2n) is 5.20. The van der Waals surface area contributed by atoms with Crippen molar-refractivity contribution in [1.82, 2.24) is 9.80 Å². The first-order valence-electron chi connectivity index (χ1n) is 6.73. The SMILES string of the molecule is CN(C)CCCN(C)Cc1ccccc1CCN. The second-order valence-corrected chi connectivity index (χ2v) is 5.20. The first kappa shape index (κ1) is 15.2.